The fourth-order valence-electron chi connectivity index (χ4n) is 17.8. The van der Waals surface area contributed by atoms with E-state index < -0.39 is 204 Å². The normalized spacial score (nSPS) is 47.9. The van der Waals surface area contributed by atoms with Gasteiger partial charge < -0.3 is 113 Å². The van der Waals surface area contributed by atoms with E-state index in [-0.39, 0.29) is 30.6 Å². The number of hydrogen-bond donors (Lipinski definition) is 11. The van der Waals surface area contributed by atoms with Crippen molar-refractivity contribution in [1.82, 2.24) is 0 Å². The second-order valence-electron chi connectivity index (χ2n) is 29.1. The Morgan fingerprint density at radius 3 is 1.91 bits per heavy atom. The van der Waals surface area contributed by atoms with Crippen LogP contribution in [0.15, 0.2) is 42.0 Å². The third kappa shape index (κ3) is 12.4. The highest BCUT2D eigenvalue weighted by molar-refractivity contribution is 5.87. The molecule has 0 bridgehead atoms. The number of carbonyl (C=O) groups excluding carboxylic acids is 4. The van der Waals surface area contributed by atoms with Gasteiger partial charge in [-0.3, -0.25) is 9.59 Å². The van der Waals surface area contributed by atoms with Gasteiger partial charge in [-0.15, -0.1) is 0 Å². The van der Waals surface area contributed by atoms with Gasteiger partial charge in [0.15, 0.2) is 43.3 Å². The molecule has 4 saturated heterocycles. The number of aliphatic hydroxyl groups excluding tert-OH is 10. The summed E-state index contributed by atoms with van der Waals surface area (Å²) >= 11 is 0. The number of ether oxygens (including phenoxy) is 11. The van der Waals surface area contributed by atoms with Gasteiger partial charge in [-0.05, 0) is 135 Å². The first-order valence-electron chi connectivity index (χ1n) is 32.3. The fourth-order valence-corrected chi connectivity index (χ4v) is 17.8. The fraction of sp³-hybridized carbons (Fsp3) is 0.773. The largest absolute Gasteiger partial charge is 0.497 e. The third-order valence-corrected chi connectivity index (χ3v) is 23.3. The van der Waals surface area contributed by atoms with E-state index in [0.29, 0.717) is 49.8 Å². The highest BCUT2D eigenvalue weighted by Gasteiger charge is 2.73. The maximum atomic E-state index is 15.9. The molecule has 10 rings (SSSR count). The molecule has 4 heterocycles. The van der Waals surface area contributed by atoms with Gasteiger partial charge in [0, 0.05) is 13.0 Å². The van der Waals surface area contributed by atoms with Crippen molar-refractivity contribution in [2.75, 3.05) is 13.7 Å². The summed E-state index contributed by atoms with van der Waals surface area (Å²) < 4.78 is 66.2. The standard InChI is InChI=1S/C66H94O27/c1-29-42(72)44(74)48(78)56(84-29)92-54-53(86-31(3)69)50(89-41(71)18-13-32-11-14-33(83-10)15-12-32)30(2)85-59(54)93-60(82)66-24-23-61(4,5)25-35(66)34-16-17-38-62(6)21-20-40(63(7,28-68)37(62)19-22-64(38,8)65(34,9)26-39(66)70)88-58-52(47(77)46(76)51(90-58)55(80)81)91-57-49(79)45(75)43(73)36(27-67)87-57/h11-16,18,28-30,35-40,42-54,56-59,67,70,72-79H,17,19-27H2,1-10H3,(H,80,81)/b18-13-/t29-,30+,35-,36-,37+,38-,39-,40-,42+,43+,44-,45+,46+,47+,48-,49-,50-,51+,52-,53-,54+,56+,57+,58-,59-,62+,63+,64-,65-,66-/m1/s1. The molecule has 0 radical (unpaired) electrons. The van der Waals surface area contributed by atoms with E-state index in [0.717, 1.165) is 24.9 Å². The Labute approximate surface area is 539 Å². The number of carboxylic acids is 1. The maximum absolute atomic E-state index is 15.9. The van der Waals surface area contributed by atoms with Gasteiger partial charge in [0.1, 0.15) is 78.5 Å². The van der Waals surface area contributed by atoms with Crippen LogP contribution in [0.5, 0.6) is 5.75 Å². The number of aliphatic carboxylic acids is 1. The Hall–Kier alpha value is -4.63. The number of fused-ring (bicyclic) bond motifs is 7. The van der Waals surface area contributed by atoms with Crippen LogP contribution in [0, 0.1) is 50.2 Å². The van der Waals surface area contributed by atoms with Crippen molar-refractivity contribution in [2.24, 2.45) is 50.2 Å². The number of benzene rings is 1. The number of hydrogen-bond acceptors (Lipinski definition) is 26. The molecule has 27 nitrogen and oxygen atoms in total. The lowest BCUT2D eigenvalue weighted by atomic mass is 9.33. The summed E-state index contributed by atoms with van der Waals surface area (Å²) in [6.07, 6.45) is -28.3. The summed E-state index contributed by atoms with van der Waals surface area (Å²) in [6.45, 7) is 15.7. The van der Waals surface area contributed by atoms with Crippen molar-refractivity contribution in [3.8, 4) is 5.75 Å². The summed E-state index contributed by atoms with van der Waals surface area (Å²) in [6, 6.07) is 6.81. The van der Waals surface area contributed by atoms with Crippen molar-refractivity contribution in [2.45, 2.75) is 255 Å². The number of carbonyl (C=O) groups is 5. The SMILES string of the molecule is COc1ccc(/C=C\C(=O)O[C@H]2[C@@H](OC(C)=O)[C@H](O[C@@H]3O[C@H](C)[C@H](O)[C@@H](O)[C@H]3O)[C@@H](OC(=O)[C@]34CCC(C)(C)C[C@@H]3C3=CC[C@@H]5[C@@]6(C)CC[C@@H](O[C@@H]7O[C@H](C(=O)O)[C@@H](O)[C@H](O)[C@H]7O[C@@H]7O[C@H](CO)[C@H](O)[C@H](O)[C@H]7O)[C@@](C)(C=O)[C@H]6CC[C@@]5(C)[C@]3(C)C[C@H]4O)O[C@H]2C)cc1. The van der Waals surface area contributed by atoms with Gasteiger partial charge in [-0.25, -0.2) is 9.59 Å². The van der Waals surface area contributed by atoms with E-state index in [1.807, 2.05) is 0 Å². The van der Waals surface area contributed by atoms with Crippen LogP contribution >= 0.6 is 0 Å². The Bertz CT molecular complexity index is 2960. The molecule has 0 aromatic heterocycles. The molecule has 4 aliphatic heterocycles. The number of aldehydes is 1. The maximum Gasteiger partial charge on any atom is 0.335 e. The van der Waals surface area contributed by atoms with E-state index >= 15 is 4.79 Å². The average Bonchev–Trinajstić information content (AvgIpc) is 0.672. The molecule has 9 aliphatic rings. The Morgan fingerprint density at radius 1 is 0.634 bits per heavy atom. The average molecular weight is 1320 g/mol. The number of carboxylic acid groups (broad SMARTS) is 1. The molecule has 4 saturated carbocycles. The summed E-state index contributed by atoms with van der Waals surface area (Å²) in [4.78, 5) is 69.2. The second-order valence-corrected chi connectivity index (χ2v) is 29.1. The van der Waals surface area contributed by atoms with E-state index in [1.54, 1.807) is 31.2 Å². The highest BCUT2D eigenvalue weighted by atomic mass is 16.8. The summed E-state index contributed by atoms with van der Waals surface area (Å²) in [7, 11) is 1.52. The predicted molar refractivity (Wildman–Crippen MR) is 318 cm³/mol. The van der Waals surface area contributed by atoms with E-state index in [1.165, 1.54) is 27.0 Å². The van der Waals surface area contributed by atoms with Crippen molar-refractivity contribution in [3.05, 3.63) is 47.6 Å². The van der Waals surface area contributed by atoms with Gasteiger partial charge in [-0.2, -0.15) is 0 Å². The second kappa shape index (κ2) is 26.7. The molecule has 8 fully saturated rings. The van der Waals surface area contributed by atoms with E-state index in [9.17, 15) is 75.3 Å². The molecule has 93 heavy (non-hydrogen) atoms. The van der Waals surface area contributed by atoms with Crippen molar-refractivity contribution in [1.29, 1.82) is 0 Å². The Balaban J connectivity index is 0.940. The summed E-state index contributed by atoms with van der Waals surface area (Å²) in [5.74, 6) is -4.89. The molecule has 0 unspecified atom stereocenters. The molecule has 1 aromatic rings. The molecular formula is C66H94O27. The molecule has 0 amide bonds. The summed E-state index contributed by atoms with van der Waals surface area (Å²) in [5, 5.41) is 121. The van der Waals surface area contributed by atoms with Crippen LogP contribution in [0.25, 0.3) is 6.08 Å². The number of esters is 3. The monoisotopic (exact) mass is 1320 g/mol. The number of allylic oxidation sites excluding steroid dienone is 2. The van der Waals surface area contributed by atoms with E-state index in [2.05, 4.69) is 40.7 Å². The lowest BCUT2D eigenvalue weighted by Crippen LogP contribution is -2.69. The lowest BCUT2D eigenvalue weighted by Gasteiger charge is -2.71. The van der Waals surface area contributed by atoms with Gasteiger partial charge in [0.2, 0.25) is 6.29 Å². The molecule has 1 aromatic carbocycles. The molecule has 5 aliphatic carbocycles. The quantitative estimate of drug-likeness (QED) is 0.0276. The topological polar surface area (TPSA) is 409 Å². The van der Waals surface area contributed by atoms with Gasteiger partial charge in [0.25, 0.3) is 0 Å². The van der Waals surface area contributed by atoms with Crippen LogP contribution in [0.3, 0.4) is 0 Å². The highest BCUT2D eigenvalue weighted by Crippen LogP contribution is 2.76. The molecular weight excluding hydrogens is 1220 g/mol. The minimum Gasteiger partial charge on any atom is -0.497 e. The number of methoxy groups -OCH3 is 1. The minimum atomic E-state index is -2.10. The lowest BCUT2D eigenvalue weighted by molar-refractivity contribution is -0.373. The Morgan fingerprint density at radius 2 is 1.28 bits per heavy atom. The van der Waals surface area contributed by atoms with Crippen LogP contribution in [0.1, 0.15) is 126 Å². The van der Waals surface area contributed by atoms with Gasteiger partial charge in [-0.1, -0.05) is 65.3 Å². The van der Waals surface area contributed by atoms with Crippen LogP contribution in [0.2, 0.25) is 0 Å². The zero-order valence-electron chi connectivity index (χ0n) is 54.1. The zero-order valence-corrected chi connectivity index (χ0v) is 54.1. The first kappa shape index (κ1) is 71.2. The smallest absolute Gasteiger partial charge is 0.335 e. The van der Waals surface area contributed by atoms with Crippen molar-refractivity contribution in [3.63, 3.8) is 0 Å². The summed E-state index contributed by atoms with van der Waals surface area (Å²) in [5.41, 5.74) is -3.76. The van der Waals surface area contributed by atoms with Crippen molar-refractivity contribution < 1.29 is 132 Å². The number of aliphatic hydroxyl groups is 10. The van der Waals surface area contributed by atoms with Crippen LogP contribution in [0.4, 0.5) is 0 Å². The van der Waals surface area contributed by atoms with Crippen LogP contribution in [-0.2, 0) is 71.3 Å². The van der Waals surface area contributed by atoms with Crippen LogP contribution in [-0.4, -0.2) is 235 Å². The van der Waals surface area contributed by atoms with E-state index in [4.69, 9.17) is 52.1 Å². The molecule has 30 atom stereocenters. The first-order valence-corrected chi connectivity index (χ1v) is 32.3. The Kier molecular flexibility index (Phi) is 20.4. The van der Waals surface area contributed by atoms with Crippen LogP contribution < -0.4 is 4.74 Å². The van der Waals surface area contributed by atoms with Gasteiger partial charge in [0.05, 0.1) is 43.5 Å². The molecule has 520 valence electrons. The molecule has 11 N–H and O–H groups in total. The molecule has 0 spiro atoms. The molecule has 27 heteroatoms. The third-order valence-electron chi connectivity index (χ3n) is 23.3. The minimum absolute atomic E-state index is 0.0866. The predicted octanol–water partition coefficient (Wildman–Crippen LogP) is 1.11. The van der Waals surface area contributed by atoms with Crippen molar-refractivity contribution >= 4 is 36.2 Å². The van der Waals surface area contributed by atoms with Gasteiger partial charge >= 0.3 is 23.9 Å². The first-order chi connectivity index (χ1) is 43.6. The zero-order chi connectivity index (χ0) is 68.0. The number of rotatable bonds is 16.